The predicted octanol–water partition coefficient (Wildman–Crippen LogP) is 12.5. The Kier molecular flexibility index (Phi) is 5.38. The van der Waals surface area contributed by atoms with Gasteiger partial charge in [0.05, 0.1) is 33.4 Å². The molecule has 2 nitrogen and oxygen atoms in total. The van der Waals surface area contributed by atoms with Gasteiger partial charge in [0, 0.05) is 37.8 Å². The molecule has 0 unspecified atom stereocenters. The van der Waals surface area contributed by atoms with Crippen LogP contribution in [-0.2, 0) is 16.2 Å². The zero-order valence-corrected chi connectivity index (χ0v) is 29.8. The summed E-state index contributed by atoms with van der Waals surface area (Å²) in [6.45, 7) is 18.9. The number of para-hydroxylation sites is 4. The number of rotatable bonds is 0. The average Bonchev–Trinajstić information content (AvgIpc) is 3.70. The fraction of sp³-hybridized carbons (Fsp3) is 0.234. The molecule has 0 fully saturated rings. The van der Waals surface area contributed by atoms with Crippen molar-refractivity contribution in [2.75, 3.05) is 0 Å². The summed E-state index contributed by atoms with van der Waals surface area (Å²) in [4.78, 5) is 0. The first-order valence-corrected chi connectivity index (χ1v) is 18.1. The molecule has 240 valence electrons. The number of nitrogens with zero attached hydrogens (tertiary/aromatic N) is 2. The molecule has 3 aliphatic rings. The predicted molar refractivity (Wildman–Crippen MR) is 208 cm³/mol. The minimum absolute atomic E-state index is 0.176. The van der Waals surface area contributed by atoms with E-state index in [9.17, 15) is 0 Å². The molecule has 0 saturated heterocycles. The number of benzene rings is 6. The maximum atomic E-state index is 2.57. The van der Waals surface area contributed by atoms with Gasteiger partial charge in [-0.25, -0.2) is 0 Å². The minimum atomic E-state index is -0.215. The van der Waals surface area contributed by atoms with E-state index in [0.717, 1.165) is 0 Å². The van der Waals surface area contributed by atoms with Crippen molar-refractivity contribution in [2.45, 2.75) is 71.6 Å². The molecule has 2 heteroatoms. The molecule has 0 spiro atoms. The van der Waals surface area contributed by atoms with Crippen LogP contribution >= 0.6 is 0 Å². The van der Waals surface area contributed by atoms with Crippen LogP contribution in [0.5, 0.6) is 0 Å². The third-order valence-corrected chi connectivity index (χ3v) is 12.3. The van der Waals surface area contributed by atoms with E-state index in [4.69, 9.17) is 0 Å². The van der Waals surface area contributed by atoms with Crippen molar-refractivity contribution in [1.82, 2.24) is 9.13 Å². The van der Waals surface area contributed by atoms with Gasteiger partial charge in [0.25, 0.3) is 0 Å². The van der Waals surface area contributed by atoms with Crippen molar-refractivity contribution in [3.63, 3.8) is 0 Å². The molecule has 2 aliphatic heterocycles. The van der Waals surface area contributed by atoms with Gasteiger partial charge in [-0.2, -0.15) is 0 Å². The standard InChI is InChI=1S/C45H36N2.C2H6/c1-43(2)31-17-9-13-21-35(31)46-33-19-11-7-15-25(33)29-23-27-28-24-30-26-16-8-12-20-34(26)47-36-22-14-10-18-32(36)44(3,4)40(42(30)47)38(28)45(5,6)37(27)39(43)41(29)46;1-2/h7-24H,1-6H3;1-2H3. The van der Waals surface area contributed by atoms with Crippen molar-refractivity contribution in [1.29, 1.82) is 0 Å². The highest BCUT2D eigenvalue weighted by atomic mass is 15.0. The van der Waals surface area contributed by atoms with Crippen molar-refractivity contribution < 1.29 is 0 Å². The van der Waals surface area contributed by atoms with Gasteiger partial charge < -0.3 is 9.13 Å². The topological polar surface area (TPSA) is 9.86 Å². The van der Waals surface area contributed by atoms with Gasteiger partial charge in [-0.15, -0.1) is 0 Å². The van der Waals surface area contributed by atoms with Crippen LogP contribution in [0.15, 0.2) is 109 Å². The number of aromatic nitrogens is 2. The highest BCUT2D eigenvalue weighted by Gasteiger charge is 2.50. The fourth-order valence-corrected chi connectivity index (χ4v) is 10.5. The second-order valence-corrected chi connectivity index (χ2v) is 15.8. The average molecular weight is 635 g/mol. The summed E-state index contributed by atoms with van der Waals surface area (Å²) in [5.74, 6) is 0. The Balaban J connectivity index is 0.00000150. The van der Waals surface area contributed by atoms with Gasteiger partial charge in [-0.3, -0.25) is 0 Å². The van der Waals surface area contributed by atoms with Crippen LogP contribution in [0.2, 0.25) is 0 Å². The molecule has 4 heterocycles. The lowest BCUT2D eigenvalue weighted by Crippen LogP contribution is -2.33. The van der Waals surface area contributed by atoms with Gasteiger partial charge in [-0.1, -0.05) is 128 Å². The Morgan fingerprint density at radius 1 is 0.388 bits per heavy atom. The van der Waals surface area contributed by atoms with Crippen LogP contribution in [-0.4, -0.2) is 9.13 Å². The van der Waals surface area contributed by atoms with Crippen LogP contribution in [0.3, 0.4) is 0 Å². The van der Waals surface area contributed by atoms with Gasteiger partial charge in [-0.05, 0) is 80.9 Å². The van der Waals surface area contributed by atoms with Gasteiger partial charge in [0.2, 0.25) is 0 Å². The molecule has 0 saturated carbocycles. The first kappa shape index (κ1) is 28.9. The first-order chi connectivity index (χ1) is 23.6. The molecule has 8 aromatic rings. The quantitative estimate of drug-likeness (QED) is 0.157. The molecule has 11 rings (SSSR count). The van der Waals surface area contributed by atoms with E-state index >= 15 is 0 Å². The molecular formula is C47H42N2. The molecule has 0 bridgehead atoms. The van der Waals surface area contributed by atoms with Crippen molar-refractivity contribution in [2.24, 2.45) is 0 Å². The molecule has 0 atom stereocenters. The summed E-state index contributed by atoms with van der Waals surface area (Å²) >= 11 is 0. The number of hydrogen-bond acceptors (Lipinski definition) is 0. The van der Waals surface area contributed by atoms with Gasteiger partial charge in [0.1, 0.15) is 0 Å². The molecule has 6 aromatic carbocycles. The van der Waals surface area contributed by atoms with E-state index in [2.05, 4.69) is 160 Å². The van der Waals surface area contributed by atoms with E-state index in [1.165, 1.54) is 99.5 Å². The van der Waals surface area contributed by atoms with E-state index in [1.807, 2.05) is 13.8 Å². The van der Waals surface area contributed by atoms with Gasteiger partial charge >= 0.3 is 0 Å². The van der Waals surface area contributed by atoms with E-state index in [-0.39, 0.29) is 16.2 Å². The lowest BCUT2D eigenvalue weighted by molar-refractivity contribution is 0.561. The lowest BCUT2D eigenvalue weighted by Gasteiger charge is -2.41. The maximum absolute atomic E-state index is 2.57. The largest absolute Gasteiger partial charge is 0.309 e. The summed E-state index contributed by atoms with van der Waals surface area (Å²) < 4.78 is 5.14. The Morgan fingerprint density at radius 3 is 1.18 bits per heavy atom. The molecule has 49 heavy (non-hydrogen) atoms. The summed E-state index contributed by atoms with van der Waals surface area (Å²) in [5, 5.41) is 5.39. The van der Waals surface area contributed by atoms with Crippen LogP contribution < -0.4 is 0 Å². The van der Waals surface area contributed by atoms with Gasteiger partial charge in [0.15, 0.2) is 0 Å². The zero-order valence-electron chi connectivity index (χ0n) is 29.8. The van der Waals surface area contributed by atoms with Crippen molar-refractivity contribution >= 4 is 43.6 Å². The molecule has 0 radical (unpaired) electrons. The number of fused-ring (bicyclic) bond motifs is 15. The second kappa shape index (κ2) is 9.12. The molecule has 0 amide bonds. The summed E-state index contributed by atoms with van der Waals surface area (Å²) in [7, 11) is 0. The Hall–Kier alpha value is -5.08. The Morgan fingerprint density at radius 2 is 0.755 bits per heavy atom. The van der Waals surface area contributed by atoms with E-state index in [1.54, 1.807) is 0 Å². The Bertz CT molecular complexity index is 2570. The van der Waals surface area contributed by atoms with Crippen LogP contribution in [0.25, 0.3) is 66.1 Å². The monoisotopic (exact) mass is 634 g/mol. The highest BCUT2D eigenvalue weighted by Crippen LogP contribution is 2.62. The fourth-order valence-electron chi connectivity index (χ4n) is 10.5. The smallest absolute Gasteiger partial charge is 0.0585 e. The zero-order chi connectivity index (χ0) is 33.8. The van der Waals surface area contributed by atoms with Crippen LogP contribution in [0.4, 0.5) is 0 Å². The lowest BCUT2D eigenvalue weighted by atomic mass is 9.65. The second-order valence-electron chi connectivity index (χ2n) is 15.8. The molecule has 1 aliphatic carbocycles. The Labute approximate surface area is 288 Å². The third-order valence-electron chi connectivity index (χ3n) is 12.3. The summed E-state index contributed by atoms with van der Waals surface area (Å²) in [6, 6.07) is 41.4. The SMILES string of the molecule is CC.CC1(C)c2c(cc3c4ccccc4n4c3c2C(C)(C)c2ccccc2-4)-c2cc3c4ccccc4n4c3c(c21)C(C)(C)c1ccccc1-4. The minimum Gasteiger partial charge on any atom is -0.309 e. The molecular weight excluding hydrogens is 593 g/mol. The molecule has 0 N–H and O–H groups in total. The van der Waals surface area contributed by atoms with Crippen LogP contribution in [0, 0.1) is 0 Å². The van der Waals surface area contributed by atoms with E-state index < -0.39 is 0 Å². The molecule has 2 aromatic heterocycles. The van der Waals surface area contributed by atoms with Crippen LogP contribution in [0.1, 0.15) is 88.8 Å². The summed E-state index contributed by atoms with van der Waals surface area (Å²) in [5.41, 5.74) is 19.0. The highest BCUT2D eigenvalue weighted by molar-refractivity contribution is 6.17. The third kappa shape index (κ3) is 3.16. The first-order valence-electron chi connectivity index (χ1n) is 18.1. The number of hydrogen-bond donors (Lipinski definition) is 0. The normalized spacial score (nSPS) is 16.7. The summed E-state index contributed by atoms with van der Waals surface area (Å²) in [6.07, 6.45) is 0. The maximum Gasteiger partial charge on any atom is 0.0585 e. The van der Waals surface area contributed by atoms with Crippen molar-refractivity contribution in [3.05, 3.63) is 143 Å². The van der Waals surface area contributed by atoms with Crippen molar-refractivity contribution in [3.8, 4) is 22.5 Å². The van der Waals surface area contributed by atoms with E-state index in [0.29, 0.717) is 0 Å².